The van der Waals surface area contributed by atoms with Gasteiger partial charge in [-0.1, -0.05) is 6.07 Å². The minimum absolute atomic E-state index is 0.130. The molecule has 0 heterocycles. The van der Waals surface area contributed by atoms with Crippen molar-refractivity contribution < 1.29 is 18.3 Å². The van der Waals surface area contributed by atoms with E-state index in [2.05, 4.69) is 12.6 Å². The third-order valence-electron chi connectivity index (χ3n) is 2.60. The predicted octanol–water partition coefficient (Wildman–Crippen LogP) is 3.71. The summed E-state index contributed by atoms with van der Waals surface area (Å²) in [5.41, 5.74) is 0.989. The van der Waals surface area contributed by atoms with E-state index in [0.717, 1.165) is 12.1 Å². The van der Waals surface area contributed by atoms with Gasteiger partial charge in [0.25, 0.3) is 0 Å². The molecule has 0 saturated carbocycles. The van der Waals surface area contributed by atoms with E-state index in [4.69, 9.17) is 4.74 Å². The van der Waals surface area contributed by atoms with Gasteiger partial charge in [0, 0.05) is 11.6 Å². The number of rotatable bonds is 4. The summed E-state index contributed by atoms with van der Waals surface area (Å²) in [6.07, 6.45) is 0.615. The van der Waals surface area contributed by atoms with E-state index in [1.54, 1.807) is 12.1 Å². The van der Waals surface area contributed by atoms with Gasteiger partial charge in [0.15, 0.2) is 6.29 Å². The fourth-order valence-electron chi connectivity index (χ4n) is 1.73. The molecule has 2 aromatic rings. The highest BCUT2D eigenvalue weighted by Gasteiger charge is 2.10. The van der Waals surface area contributed by atoms with E-state index in [0.29, 0.717) is 17.6 Å². The molecule has 2 rings (SSSR count). The third kappa shape index (κ3) is 2.93. The lowest BCUT2D eigenvalue weighted by molar-refractivity contribution is 0.112. The monoisotopic (exact) mass is 280 g/mol. The number of thiol groups is 1. The van der Waals surface area contributed by atoms with E-state index < -0.39 is 11.6 Å². The van der Waals surface area contributed by atoms with Gasteiger partial charge in [0.2, 0.25) is 0 Å². The lowest BCUT2D eigenvalue weighted by Gasteiger charge is -2.09. The molecular formula is C14H10F2O2S. The summed E-state index contributed by atoms with van der Waals surface area (Å²) >= 11 is 3.90. The van der Waals surface area contributed by atoms with Crippen LogP contribution in [0.3, 0.4) is 0 Å². The zero-order valence-corrected chi connectivity index (χ0v) is 10.7. The lowest BCUT2D eigenvalue weighted by atomic mass is 10.0. The first kappa shape index (κ1) is 13.5. The SMILES string of the molecule is O=Cc1cc(-c2ccc(F)cc2F)ccc1OCS. The van der Waals surface area contributed by atoms with Crippen molar-refractivity contribution in [2.45, 2.75) is 0 Å². The number of ether oxygens (including phenoxy) is 1. The van der Waals surface area contributed by atoms with Crippen molar-refractivity contribution in [1.29, 1.82) is 0 Å². The van der Waals surface area contributed by atoms with Crippen LogP contribution in [0.2, 0.25) is 0 Å². The molecule has 0 aliphatic carbocycles. The normalized spacial score (nSPS) is 10.3. The van der Waals surface area contributed by atoms with Gasteiger partial charge in [0.1, 0.15) is 23.3 Å². The maximum Gasteiger partial charge on any atom is 0.153 e. The molecule has 0 fully saturated rings. The second kappa shape index (κ2) is 5.84. The summed E-state index contributed by atoms with van der Waals surface area (Å²) in [7, 11) is 0. The van der Waals surface area contributed by atoms with Gasteiger partial charge >= 0.3 is 0 Å². The molecule has 0 bridgehead atoms. The lowest BCUT2D eigenvalue weighted by Crippen LogP contribution is -1.95. The van der Waals surface area contributed by atoms with Crippen LogP contribution in [-0.4, -0.2) is 12.2 Å². The molecular weight excluding hydrogens is 270 g/mol. The molecule has 0 N–H and O–H groups in total. The summed E-state index contributed by atoms with van der Waals surface area (Å²) < 4.78 is 31.6. The third-order valence-corrected chi connectivity index (χ3v) is 2.73. The largest absolute Gasteiger partial charge is 0.483 e. The van der Waals surface area contributed by atoms with Crippen molar-refractivity contribution in [2.24, 2.45) is 0 Å². The first-order valence-corrected chi connectivity index (χ1v) is 6.07. The smallest absolute Gasteiger partial charge is 0.153 e. The van der Waals surface area contributed by atoms with E-state index >= 15 is 0 Å². The zero-order valence-electron chi connectivity index (χ0n) is 9.77. The number of halogens is 2. The molecule has 0 aliphatic heterocycles. The Morgan fingerprint density at radius 2 is 1.95 bits per heavy atom. The van der Waals surface area contributed by atoms with Crippen LogP contribution in [0.5, 0.6) is 5.75 Å². The summed E-state index contributed by atoms with van der Waals surface area (Å²) in [5, 5.41) is 0. The quantitative estimate of drug-likeness (QED) is 0.525. The Morgan fingerprint density at radius 1 is 1.16 bits per heavy atom. The van der Waals surface area contributed by atoms with E-state index in [9.17, 15) is 13.6 Å². The number of aldehydes is 1. The Bertz CT molecular complexity index is 614. The van der Waals surface area contributed by atoms with Crippen LogP contribution in [0, 0.1) is 11.6 Å². The van der Waals surface area contributed by atoms with Crippen molar-refractivity contribution in [1.82, 2.24) is 0 Å². The summed E-state index contributed by atoms with van der Waals surface area (Å²) in [6.45, 7) is 0. The number of hydrogen-bond acceptors (Lipinski definition) is 3. The fourth-order valence-corrected chi connectivity index (χ4v) is 1.87. The minimum atomic E-state index is -0.681. The highest BCUT2D eigenvalue weighted by atomic mass is 32.1. The summed E-state index contributed by atoms with van der Waals surface area (Å²) in [6, 6.07) is 7.93. The molecule has 0 unspecified atom stereocenters. The van der Waals surface area contributed by atoms with Crippen LogP contribution in [0.15, 0.2) is 36.4 Å². The van der Waals surface area contributed by atoms with E-state index in [-0.39, 0.29) is 17.1 Å². The highest BCUT2D eigenvalue weighted by molar-refractivity contribution is 7.80. The molecule has 19 heavy (non-hydrogen) atoms. The summed E-state index contributed by atoms with van der Waals surface area (Å²) in [4.78, 5) is 11.0. The Hall–Kier alpha value is -1.88. The van der Waals surface area contributed by atoms with Gasteiger partial charge in [-0.3, -0.25) is 4.79 Å². The van der Waals surface area contributed by atoms with Gasteiger partial charge in [-0.05, 0) is 29.8 Å². The van der Waals surface area contributed by atoms with Crippen LogP contribution in [0.1, 0.15) is 10.4 Å². The summed E-state index contributed by atoms with van der Waals surface area (Å²) in [5.74, 6) is -0.826. The maximum atomic E-state index is 13.6. The Morgan fingerprint density at radius 3 is 2.58 bits per heavy atom. The average molecular weight is 280 g/mol. The molecule has 0 atom stereocenters. The molecule has 0 radical (unpaired) electrons. The van der Waals surface area contributed by atoms with Crippen molar-refractivity contribution in [2.75, 3.05) is 5.94 Å². The van der Waals surface area contributed by atoms with Gasteiger partial charge in [-0.2, -0.15) is 0 Å². The van der Waals surface area contributed by atoms with Gasteiger partial charge in [-0.15, -0.1) is 12.6 Å². The van der Waals surface area contributed by atoms with Crippen LogP contribution in [0.25, 0.3) is 11.1 Å². The standard InChI is InChI=1S/C14H10F2O2S/c15-11-2-3-12(13(16)6-11)9-1-4-14(18-8-19)10(5-9)7-17/h1-7,19H,8H2. The first-order chi connectivity index (χ1) is 9.15. The molecule has 2 aromatic carbocycles. The molecule has 0 spiro atoms. The van der Waals surface area contributed by atoms with Crippen LogP contribution in [0.4, 0.5) is 8.78 Å². The zero-order chi connectivity index (χ0) is 13.8. The molecule has 0 amide bonds. The van der Waals surface area contributed by atoms with E-state index in [1.165, 1.54) is 12.1 Å². The maximum absolute atomic E-state index is 13.6. The van der Waals surface area contributed by atoms with Crippen molar-refractivity contribution >= 4 is 18.9 Å². The predicted molar refractivity (Wildman–Crippen MR) is 71.7 cm³/mol. The van der Waals surface area contributed by atoms with Gasteiger partial charge < -0.3 is 4.74 Å². The molecule has 98 valence electrons. The average Bonchev–Trinajstić information content (AvgIpc) is 2.40. The fraction of sp³-hybridized carbons (Fsp3) is 0.0714. The van der Waals surface area contributed by atoms with Crippen molar-refractivity contribution in [3.8, 4) is 16.9 Å². The number of benzene rings is 2. The molecule has 0 saturated heterocycles. The molecule has 0 aromatic heterocycles. The molecule has 2 nitrogen and oxygen atoms in total. The van der Waals surface area contributed by atoms with Gasteiger partial charge in [0.05, 0.1) is 5.56 Å². The first-order valence-electron chi connectivity index (χ1n) is 5.44. The van der Waals surface area contributed by atoms with E-state index in [1.807, 2.05) is 0 Å². The van der Waals surface area contributed by atoms with Crippen LogP contribution in [-0.2, 0) is 0 Å². The van der Waals surface area contributed by atoms with Crippen LogP contribution >= 0.6 is 12.6 Å². The Labute approximate surface area is 114 Å². The Balaban J connectivity index is 2.48. The molecule has 0 aliphatic rings. The van der Waals surface area contributed by atoms with Gasteiger partial charge in [-0.25, -0.2) is 8.78 Å². The van der Waals surface area contributed by atoms with Crippen molar-refractivity contribution in [3.05, 3.63) is 53.6 Å². The number of carbonyl (C=O) groups excluding carboxylic acids is 1. The highest BCUT2D eigenvalue weighted by Crippen LogP contribution is 2.28. The number of hydrogen-bond donors (Lipinski definition) is 1. The van der Waals surface area contributed by atoms with Crippen LogP contribution < -0.4 is 4.74 Å². The Kier molecular flexibility index (Phi) is 4.16. The second-order valence-corrected chi connectivity index (χ2v) is 4.03. The second-order valence-electron chi connectivity index (χ2n) is 3.77. The topological polar surface area (TPSA) is 26.3 Å². The molecule has 5 heteroatoms. The van der Waals surface area contributed by atoms with Crippen molar-refractivity contribution in [3.63, 3.8) is 0 Å². The minimum Gasteiger partial charge on any atom is -0.483 e. The number of carbonyl (C=O) groups is 1.